The van der Waals surface area contributed by atoms with Crippen molar-refractivity contribution in [3.05, 3.63) is 5.32 Å². The maximum atomic E-state index is 10.3. The van der Waals surface area contributed by atoms with Crippen LogP contribution in [-0.4, -0.2) is 18.9 Å². The van der Waals surface area contributed by atoms with Crippen LogP contribution in [0.5, 0.6) is 0 Å². The third kappa shape index (κ3) is 2.34. The van der Waals surface area contributed by atoms with Crippen molar-refractivity contribution in [1.29, 1.82) is 0 Å². The maximum absolute atomic E-state index is 10.3. The summed E-state index contributed by atoms with van der Waals surface area (Å²) in [6, 6.07) is -0.111. The van der Waals surface area contributed by atoms with Crippen molar-refractivity contribution in [2.45, 2.75) is 19.9 Å². The van der Waals surface area contributed by atoms with Crippen molar-refractivity contribution in [2.75, 3.05) is 7.05 Å². The topological polar surface area (TPSA) is 31.2 Å². The Balaban J connectivity index is 3.34. The highest BCUT2D eigenvalue weighted by Gasteiger charge is 1.89. The second kappa shape index (κ2) is 2.75. The lowest BCUT2D eigenvalue weighted by Gasteiger charge is -2.17. The highest BCUT2D eigenvalue weighted by molar-refractivity contribution is 5.83. The van der Waals surface area contributed by atoms with E-state index in [1.54, 1.807) is 14.0 Å². The lowest BCUT2D eigenvalue weighted by molar-refractivity contribution is -0.117. The molecule has 0 aromatic carbocycles. The van der Waals surface area contributed by atoms with Crippen molar-refractivity contribution in [3.8, 4) is 0 Å². The van der Waals surface area contributed by atoms with E-state index in [2.05, 4.69) is 5.32 Å². The van der Waals surface area contributed by atoms with E-state index >= 15 is 0 Å². The van der Waals surface area contributed by atoms with Crippen LogP contribution in [0.1, 0.15) is 13.8 Å². The highest BCUT2D eigenvalue weighted by atomic mass is 16.1. The Bertz CT molecular complexity index is 70.5. The lowest BCUT2D eigenvalue weighted by Crippen LogP contribution is -2.09. The number of Topliss-reactive ketones (excluding diaryl/α,β-unsaturated/α-hetero) is 1. The number of hydrogen-bond donors (Lipinski definition) is 0. The van der Waals surface area contributed by atoms with Crippen LogP contribution in [0, 0.1) is 0 Å². The minimum atomic E-state index is -0.111. The molecule has 7 heavy (non-hydrogen) atoms. The number of ketones is 1. The standard InChI is InChI=1S/C5H10NO/c1-4(6-3)5(2)7/h4H,1-3H3/q-1. The molecular weight excluding hydrogens is 90.1 g/mol. The average molecular weight is 100 g/mol. The first-order valence-corrected chi connectivity index (χ1v) is 2.28. The molecule has 0 aliphatic heterocycles. The molecule has 0 amide bonds. The van der Waals surface area contributed by atoms with Gasteiger partial charge < -0.3 is 10.1 Å². The largest absolute Gasteiger partial charge is 0.656 e. The van der Waals surface area contributed by atoms with E-state index in [1.807, 2.05) is 0 Å². The van der Waals surface area contributed by atoms with Crippen LogP contribution in [0.15, 0.2) is 0 Å². The van der Waals surface area contributed by atoms with E-state index < -0.39 is 0 Å². The molecule has 0 aliphatic carbocycles. The quantitative estimate of drug-likeness (QED) is 0.508. The van der Waals surface area contributed by atoms with Crippen LogP contribution in [0.4, 0.5) is 0 Å². The zero-order valence-electron chi connectivity index (χ0n) is 4.93. The Morgan fingerprint density at radius 3 is 2.14 bits per heavy atom. The molecule has 0 spiro atoms. The van der Waals surface area contributed by atoms with Gasteiger partial charge in [0.2, 0.25) is 0 Å². The number of hydrogen-bond acceptors (Lipinski definition) is 1. The van der Waals surface area contributed by atoms with Gasteiger partial charge in [0.05, 0.1) is 0 Å². The molecule has 0 fully saturated rings. The molecule has 0 bridgehead atoms. The number of rotatable bonds is 2. The van der Waals surface area contributed by atoms with Crippen molar-refractivity contribution in [1.82, 2.24) is 0 Å². The second-order valence-corrected chi connectivity index (χ2v) is 1.54. The molecule has 0 rings (SSSR count). The summed E-state index contributed by atoms with van der Waals surface area (Å²) >= 11 is 0. The van der Waals surface area contributed by atoms with Crippen molar-refractivity contribution in [2.24, 2.45) is 0 Å². The normalized spacial score (nSPS) is 13.6. The fourth-order valence-electron chi connectivity index (χ4n) is 0.182. The Kier molecular flexibility index (Phi) is 2.60. The third-order valence-electron chi connectivity index (χ3n) is 0.976. The van der Waals surface area contributed by atoms with E-state index in [-0.39, 0.29) is 11.8 Å². The van der Waals surface area contributed by atoms with E-state index in [0.29, 0.717) is 0 Å². The third-order valence-corrected chi connectivity index (χ3v) is 0.976. The second-order valence-electron chi connectivity index (χ2n) is 1.54. The maximum Gasteiger partial charge on any atom is 0.112 e. The molecule has 0 heterocycles. The van der Waals surface area contributed by atoms with Gasteiger partial charge in [-0.15, -0.1) is 0 Å². The summed E-state index contributed by atoms with van der Waals surface area (Å²) < 4.78 is 0. The highest BCUT2D eigenvalue weighted by Crippen LogP contribution is 1.93. The molecule has 1 unspecified atom stereocenters. The van der Waals surface area contributed by atoms with E-state index in [4.69, 9.17) is 0 Å². The number of nitrogens with zero attached hydrogens (tertiary/aromatic N) is 1. The SMILES string of the molecule is C[N-]C(C)C(C)=O. The fraction of sp³-hybridized carbons (Fsp3) is 0.800. The number of carbonyl (C=O) groups excluding carboxylic acids is 1. The molecule has 0 aromatic rings. The Hall–Kier alpha value is -0.370. The first-order chi connectivity index (χ1) is 3.18. The molecule has 2 nitrogen and oxygen atoms in total. The van der Waals surface area contributed by atoms with Crippen LogP contribution in [0.25, 0.3) is 5.32 Å². The van der Waals surface area contributed by atoms with Crippen LogP contribution in [0.3, 0.4) is 0 Å². The summed E-state index contributed by atoms with van der Waals surface area (Å²) in [7, 11) is 1.64. The molecule has 1 atom stereocenters. The Morgan fingerprint density at radius 2 is 2.14 bits per heavy atom. The Morgan fingerprint density at radius 1 is 1.71 bits per heavy atom. The summed E-state index contributed by atoms with van der Waals surface area (Å²) in [6.45, 7) is 3.32. The van der Waals surface area contributed by atoms with Gasteiger partial charge in [0.1, 0.15) is 5.78 Å². The summed E-state index contributed by atoms with van der Waals surface area (Å²) in [5.41, 5.74) is 0. The van der Waals surface area contributed by atoms with Gasteiger partial charge in [-0.05, 0) is 6.92 Å². The molecular formula is C5H10NO-. The summed E-state index contributed by atoms with van der Waals surface area (Å²) in [6.07, 6.45) is 0. The molecule has 0 N–H and O–H groups in total. The summed E-state index contributed by atoms with van der Waals surface area (Å²) in [4.78, 5) is 10.3. The smallest absolute Gasteiger partial charge is 0.112 e. The zero-order valence-corrected chi connectivity index (χ0v) is 4.93. The monoisotopic (exact) mass is 100 g/mol. The van der Waals surface area contributed by atoms with Gasteiger partial charge in [-0.2, -0.15) is 7.05 Å². The van der Waals surface area contributed by atoms with Crippen molar-refractivity contribution < 1.29 is 4.79 Å². The van der Waals surface area contributed by atoms with Gasteiger partial charge in [0.25, 0.3) is 0 Å². The zero-order chi connectivity index (χ0) is 5.86. The number of carbonyl (C=O) groups is 1. The molecule has 0 saturated heterocycles. The van der Waals surface area contributed by atoms with Gasteiger partial charge in [-0.25, -0.2) is 0 Å². The van der Waals surface area contributed by atoms with Crippen LogP contribution < -0.4 is 0 Å². The average Bonchev–Trinajstić information content (AvgIpc) is 1.65. The molecule has 0 aliphatic rings. The predicted molar refractivity (Wildman–Crippen MR) is 29.4 cm³/mol. The molecule has 42 valence electrons. The van der Waals surface area contributed by atoms with Crippen LogP contribution >= 0.6 is 0 Å². The van der Waals surface area contributed by atoms with Gasteiger partial charge >= 0.3 is 0 Å². The predicted octanol–water partition coefficient (Wildman–Crippen LogP) is 0.967. The Labute approximate surface area is 43.9 Å². The van der Waals surface area contributed by atoms with Crippen LogP contribution in [-0.2, 0) is 4.79 Å². The summed E-state index contributed by atoms with van der Waals surface area (Å²) in [5.74, 6) is 0.127. The van der Waals surface area contributed by atoms with E-state index in [9.17, 15) is 4.79 Å². The van der Waals surface area contributed by atoms with Gasteiger partial charge in [-0.1, -0.05) is 13.0 Å². The van der Waals surface area contributed by atoms with Gasteiger partial charge in [0.15, 0.2) is 0 Å². The summed E-state index contributed by atoms with van der Waals surface area (Å²) in [5, 5.41) is 3.74. The molecule has 0 radical (unpaired) electrons. The van der Waals surface area contributed by atoms with Gasteiger partial charge in [0, 0.05) is 0 Å². The van der Waals surface area contributed by atoms with Gasteiger partial charge in [-0.3, -0.25) is 0 Å². The lowest BCUT2D eigenvalue weighted by atomic mass is 10.2. The molecule has 0 aromatic heterocycles. The van der Waals surface area contributed by atoms with E-state index in [0.717, 1.165) is 0 Å². The molecule has 2 heteroatoms. The van der Waals surface area contributed by atoms with Crippen molar-refractivity contribution >= 4 is 5.78 Å². The molecule has 0 saturated carbocycles. The fourth-order valence-corrected chi connectivity index (χ4v) is 0.182. The van der Waals surface area contributed by atoms with E-state index in [1.165, 1.54) is 6.92 Å². The van der Waals surface area contributed by atoms with Crippen molar-refractivity contribution in [3.63, 3.8) is 0 Å². The van der Waals surface area contributed by atoms with Crippen LogP contribution in [0.2, 0.25) is 0 Å². The minimum Gasteiger partial charge on any atom is -0.656 e. The first kappa shape index (κ1) is 6.63. The first-order valence-electron chi connectivity index (χ1n) is 2.28. The number of likely N-dealkylation sites (N-methyl/N-ethyl adjacent to an activating group) is 1. The minimum absolute atomic E-state index is 0.111.